The predicted molar refractivity (Wildman–Crippen MR) is 71.5 cm³/mol. The molecule has 0 saturated carbocycles. The molecule has 21 heavy (non-hydrogen) atoms. The van der Waals surface area contributed by atoms with Crippen LogP contribution in [-0.4, -0.2) is 50.7 Å². The third kappa shape index (κ3) is 2.95. The second-order valence-corrected chi connectivity index (χ2v) is 4.55. The summed E-state index contributed by atoms with van der Waals surface area (Å²) in [5, 5.41) is 6.01. The van der Waals surface area contributed by atoms with Crippen molar-refractivity contribution in [1.82, 2.24) is 25.1 Å². The molecule has 3 rings (SSSR count). The maximum atomic E-state index is 12.3. The van der Waals surface area contributed by atoms with E-state index in [0.29, 0.717) is 25.4 Å². The first-order valence-corrected chi connectivity index (χ1v) is 6.46. The molecule has 1 amide bonds. The smallest absolute Gasteiger partial charge is 0.274 e. The average molecular weight is 287 g/mol. The molecule has 8 heteroatoms. The summed E-state index contributed by atoms with van der Waals surface area (Å²) in [6, 6.07) is 2.69. The van der Waals surface area contributed by atoms with Gasteiger partial charge >= 0.3 is 0 Å². The minimum Gasteiger partial charge on any atom is -0.368 e. The van der Waals surface area contributed by atoms with Crippen molar-refractivity contribution in [3.63, 3.8) is 0 Å². The third-order valence-corrected chi connectivity index (χ3v) is 3.16. The van der Waals surface area contributed by atoms with E-state index in [1.165, 1.54) is 12.1 Å². The average Bonchev–Trinajstić information content (AvgIpc) is 2.56. The molecule has 0 aromatic carbocycles. The molecule has 0 bridgehead atoms. The molecular weight excluding hydrogens is 274 g/mol. The van der Waals surface area contributed by atoms with Crippen molar-refractivity contribution in [1.29, 1.82) is 0 Å². The Balaban J connectivity index is 1.75. The van der Waals surface area contributed by atoms with Gasteiger partial charge in [0.2, 0.25) is 0 Å². The summed E-state index contributed by atoms with van der Waals surface area (Å²) in [5.41, 5.74) is 0.546. The molecule has 1 fully saturated rings. The van der Waals surface area contributed by atoms with Gasteiger partial charge in [0.25, 0.3) is 11.5 Å². The first-order valence-electron chi connectivity index (χ1n) is 6.46. The van der Waals surface area contributed by atoms with E-state index >= 15 is 0 Å². The summed E-state index contributed by atoms with van der Waals surface area (Å²) >= 11 is 0. The van der Waals surface area contributed by atoms with Gasteiger partial charge in [0.15, 0.2) is 0 Å². The molecule has 1 aliphatic heterocycles. The van der Waals surface area contributed by atoms with E-state index in [2.05, 4.69) is 20.2 Å². The number of H-pyrrole nitrogens is 1. The number of nitrogens with one attached hydrogen (secondary N) is 1. The Morgan fingerprint density at radius 1 is 1.38 bits per heavy atom. The largest absolute Gasteiger partial charge is 0.368 e. The Kier molecular flexibility index (Phi) is 3.69. The molecule has 2 aromatic rings. The van der Waals surface area contributed by atoms with E-state index in [1.807, 2.05) is 0 Å². The number of amides is 1. The van der Waals surface area contributed by atoms with Crippen LogP contribution in [0.4, 0.5) is 0 Å². The summed E-state index contributed by atoms with van der Waals surface area (Å²) in [5.74, 6) is -0.247. The van der Waals surface area contributed by atoms with Crippen LogP contribution in [0.15, 0.2) is 35.5 Å². The molecule has 1 atom stereocenters. The van der Waals surface area contributed by atoms with Crippen LogP contribution < -0.4 is 5.56 Å². The summed E-state index contributed by atoms with van der Waals surface area (Å²) in [6.07, 6.45) is 4.48. The highest BCUT2D eigenvalue weighted by Crippen LogP contribution is 2.20. The minimum atomic E-state index is -0.342. The van der Waals surface area contributed by atoms with Crippen molar-refractivity contribution >= 4 is 5.91 Å². The fourth-order valence-corrected chi connectivity index (χ4v) is 2.12. The number of carbonyl (C=O) groups is 1. The van der Waals surface area contributed by atoms with E-state index < -0.39 is 0 Å². The third-order valence-electron chi connectivity index (χ3n) is 3.16. The van der Waals surface area contributed by atoms with E-state index in [0.717, 1.165) is 0 Å². The van der Waals surface area contributed by atoms with Gasteiger partial charge in [-0.2, -0.15) is 5.10 Å². The zero-order chi connectivity index (χ0) is 14.7. The summed E-state index contributed by atoms with van der Waals surface area (Å²) in [6.45, 7) is 1.26. The summed E-state index contributed by atoms with van der Waals surface area (Å²) < 4.78 is 5.62. The molecule has 0 aliphatic carbocycles. The zero-order valence-electron chi connectivity index (χ0n) is 11.1. The second-order valence-electron chi connectivity index (χ2n) is 4.55. The van der Waals surface area contributed by atoms with Crippen LogP contribution in [0.1, 0.15) is 22.3 Å². The maximum Gasteiger partial charge on any atom is 0.274 e. The summed E-state index contributed by atoms with van der Waals surface area (Å²) in [7, 11) is 0. The molecule has 0 radical (unpaired) electrons. The molecule has 1 aliphatic rings. The number of nitrogens with zero attached hydrogens (tertiary/aromatic N) is 4. The Bertz CT molecular complexity index is 667. The minimum absolute atomic E-state index is 0.203. The number of hydrogen-bond donors (Lipinski definition) is 1. The van der Waals surface area contributed by atoms with Crippen molar-refractivity contribution in [2.24, 2.45) is 0 Å². The van der Waals surface area contributed by atoms with Gasteiger partial charge in [-0.3, -0.25) is 19.6 Å². The van der Waals surface area contributed by atoms with Gasteiger partial charge in [-0.1, -0.05) is 0 Å². The van der Waals surface area contributed by atoms with E-state index in [-0.39, 0.29) is 23.3 Å². The van der Waals surface area contributed by atoms with Crippen LogP contribution in [-0.2, 0) is 4.74 Å². The Morgan fingerprint density at radius 3 is 3.00 bits per heavy atom. The lowest BCUT2D eigenvalue weighted by atomic mass is 10.2. The van der Waals surface area contributed by atoms with Gasteiger partial charge in [-0.25, -0.2) is 5.10 Å². The van der Waals surface area contributed by atoms with Gasteiger partial charge in [-0.15, -0.1) is 0 Å². The van der Waals surface area contributed by atoms with Gasteiger partial charge in [0, 0.05) is 25.0 Å². The quantitative estimate of drug-likeness (QED) is 0.819. The highest BCUT2D eigenvalue weighted by molar-refractivity contribution is 5.92. The lowest BCUT2D eigenvalue weighted by Crippen LogP contribution is -2.43. The topological polar surface area (TPSA) is 101 Å². The van der Waals surface area contributed by atoms with Crippen LogP contribution in [0.2, 0.25) is 0 Å². The molecule has 108 valence electrons. The standard InChI is InChI=1S/C13H13N5O3/c19-12-2-1-9(16-17-12)13(20)18-5-6-21-11(8-18)10-7-14-3-4-15-10/h1-4,7,11H,5-6,8H2,(H,17,19)/t11-/m1/s1. The molecule has 2 aromatic heterocycles. The number of rotatable bonds is 2. The van der Waals surface area contributed by atoms with Crippen LogP contribution in [0.3, 0.4) is 0 Å². The molecule has 1 saturated heterocycles. The molecule has 1 N–H and O–H groups in total. The number of aromatic nitrogens is 4. The molecule has 0 unspecified atom stereocenters. The Hall–Kier alpha value is -2.61. The number of aromatic amines is 1. The first kappa shape index (κ1) is 13.4. The number of morpholine rings is 1. The number of hydrogen-bond acceptors (Lipinski definition) is 6. The van der Waals surface area contributed by atoms with E-state index in [4.69, 9.17) is 4.74 Å². The van der Waals surface area contributed by atoms with Crippen molar-refractivity contribution in [3.8, 4) is 0 Å². The number of carbonyl (C=O) groups excluding carboxylic acids is 1. The van der Waals surface area contributed by atoms with Gasteiger partial charge in [-0.05, 0) is 6.07 Å². The highest BCUT2D eigenvalue weighted by Gasteiger charge is 2.27. The second kappa shape index (κ2) is 5.80. The first-order chi connectivity index (χ1) is 10.2. The molecule has 0 spiro atoms. The zero-order valence-corrected chi connectivity index (χ0v) is 11.1. The SMILES string of the molecule is O=C(c1ccc(=O)[nH]n1)N1CCO[C@@H](c2cnccn2)C1. The lowest BCUT2D eigenvalue weighted by molar-refractivity contribution is -0.0251. The fraction of sp³-hybridized carbons (Fsp3) is 0.308. The number of ether oxygens (including phenoxy) is 1. The molecule has 8 nitrogen and oxygen atoms in total. The molecule has 3 heterocycles. The van der Waals surface area contributed by atoms with Crippen molar-refractivity contribution in [2.75, 3.05) is 19.7 Å². The monoisotopic (exact) mass is 287 g/mol. The maximum absolute atomic E-state index is 12.3. The van der Waals surface area contributed by atoms with Crippen LogP contribution in [0.5, 0.6) is 0 Å². The fourth-order valence-electron chi connectivity index (χ4n) is 2.12. The van der Waals surface area contributed by atoms with Gasteiger partial charge < -0.3 is 9.64 Å². The van der Waals surface area contributed by atoms with Crippen molar-refractivity contribution in [2.45, 2.75) is 6.10 Å². The van der Waals surface area contributed by atoms with E-state index in [1.54, 1.807) is 23.5 Å². The lowest BCUT2D eigenvalue weighted by Gasteiger charge is -2.32. The normalized spacial score (nSPS) is 18.5. The highest BCUT2D eigenvalue weighted by atomic mass is 16.5. The van der Waals surface area contributed by atoms with E-state index in [9.17, 15) is 9.59 Å². The van der Waals surface area contributed by atoms with Crippen LogP contribution >= 0.6 is 0 Å². The Labute approximate surface area is 119 Å². The van der Waals surface area contributed by atoms with Gasteiger partial charge in [0.1, 0.15) is 11.8 Å². The van der Waals surface area contributed by atoms with Crippen LogP contribution in [0.25, 0.3) is 0 Å². The predicted octanol–water partition coefficient (Wildman–Crippen LogP) is -0.226. The van der Waals surface area contributed by atoms with Crippen molar-refractivity contribution in [3.05, 3.63) is 52.5 Å². The summed E-state index contributed by atoms with van der Waals surface area (Å²) in [4.78, 5) is 33.1. The molecular formula is C13H13N5O3. The van der Waals surface area contributed by atoms with Gasteiger partial charge in [0.05, 0.1) is 25.0 Å². The van der Waals surface area contributed by atoms with Crippen LogP contribution in [0, 0.1) is 0 Å². The van der Waals surface area contributed by atoms with Crippen molar-refractivity contribution < 1.29 is 9.53 Å². The Morgan fingerprint density at radius 2 is 2.29 bits per heavy atom.